The molecule has 0 aliphatic rings. The quantitative estimate of drug-likeness (QED) is 0.350. The molecule has 156 valence electrons. The van der Waals surface area contributed by atoms with Gasteiger partial charge in [0.05, 0.1) is 11.5 Å². The zero-order chi connectivity index (χ0) is 22.1. The van der Waals surface area contributed by atoms with Gasteiger partial charge in [-0.2, -0.15) is 13.2 Å². The summed E-state index contributed by atoms with van der Waals surface area (Å²) in [4.78, 5) is 26.2. The minimum atomic E-state index is -5.01. The van der Waals surface area contributed by atoms with E-state index in [1.54, 1.807) is 0 Å². The molecule has 0 spiro atoms. The molecule has 0 atom stereocenters. The van der Waals surface area contributed by atoms with E-state index >= 15 is 0 Å². The van der Waals surface area contributed by atoms with E-state index in [2.05, 4.69) is 10.3 Å². The van der Waals surface area contributed by atoms with Crippen LogP contribution in [0.3, 0.4) is 0 Å². The number of alkyl halides is 3. The first-order valence-corrected chi connectivity index (χ1v) is 8.57. The third-order valence-corrected chi connectivity index (χ3v) is 4.29. The fourth-order valence-corrected chi connectivity index (χ4v) is 2.81. The van der Waals surface area contributed by atoms with Gasteiger partial charge in [0.15, 0.2) is 5.69 Å². The second-order valence-corrected chi connectivity index (χ2v) is 6.42. The van der Waals surface area contributed by atoms with Gasteiger partial charge in [-0.05, 0) is 23.8 Å². The average Bonchev–Trinajstić information content (AvgIpc) is 2.68. The lowest BCUT2D eigenvalue weighted by Crippen LogP contribution is -2.29. The number of aromatic nitrogens is 2. The Hall–Kier alpha value is -3.47. The molecule has 30 heavy (non-hydrogen) atoms. The largest absolute Gasteiger partial charge is 0.435 e. The molecule has 0 saturated carbocycles. The third kappa shape index (κ3) is 4.57. The van der Waals surface area contributed by atoms with Crippen LogP contribution in [-0.2, 0) is 12.7 Å². The molecule has 0 aliphatic heterocycles. The Bertz CT molecular complexity index is 1160. The number of anilines is 2. The van der Waals surface area contributed by atoms with E-state index in [4.69, 9.17) is 11.6 Å². The second-order valence-electron chi connectivity index (χ2n) is 6.05. The molecular weight excluding hydrogens is 432 g/mol. The standard InChI is InChI=1S/C18H11ClF4N4O3/c19-14-15(18(21,22)23)25-17(24-12-2-1-3-13(8-12)27(29)30)26(16(14)28)9-10-4-6-11(20)7-5-10/h1-8H,9H2,(H,24,25). The van der Waals surface area contributed by atoms with E-state index in [0.717, 1.165) is 22.8 Å². The van der Waals surface area contributed by atoms with Crippen molar-refractivity contribution in [2.24, 2.45) is 0 Å². The minimum Gasteiger partial charge on any atom is -0.325 e. The van der Waals surface area contributed by atoms with Crippen molar-refractivity contribution in [3.05, 3.63) is 91.1 Å². The molecule has 0 radical (unpaired) electrons. The van der Waals surface area contributed by atoms with Gasteiger partial charge in [-0.1, -0.05) is 29.8 Å². The Morgan fingerprint density at radius 2 is 1.83 bits per heavy atom. The Labute approximate surface area is 170 Å². The van der Waals surface area contributed by atoms with Crippen LogP contribution in [0.25, 0.3) is 0 Å². The molecule has 0 amide bonds. The average molecular weight is 443 g/mol. The second kappa shape index (κ2) is 8.11. The summed E-state index contributed by atoms with van der Waals surface area (Å²) in [6.45, 7) is -0.277. The van der Waals surface area contributed by atoms with Crippen molar-refractivity contribution < 1.29 is 22.5 Å². The lowest BCUT2D eigenvalue weighted by Gasteiger charge is -2.17. The van der Waals surface area contributed by atoms with Gasteiger partial charge in [0.1, 0.15) is 10.8 Å². The van der Waals surface area contributed by atoms with Crippen molar-refractivity contribution in [2.45, 2.75) is 12.7 Å². The van der Waals surface area contributed by atoms with E-state index in [-0.39, 0.29) is 17.9 Å². The molecule has 1 N–H and O–H groups in total. The maximum Gasteiger partial charge on any atom is 0.435 e. The van der Waals surface area contributed by atoms with Crippen LogP contribution in [0, 0.1) is 15.9 Å². The molecule has 1 heterocycles. The first-order chi connectivity index (χ1) is 14.1. The van der Waals surface area contributed by atoms with Gasteiger partial charge in [-0.15, -0.1) is 0 Å². The number of nitro groups is 1. The van der Waals surface area contributed by atoms with Gasteiger partial charge in [-0.25, -0.2) is 9.37 Å². The van der Waals surface area contributed by atoms with Crippen molar-refractivity contribution in [2.75, 3.05) is 5.32 Å². The van der Waals surface area contributed by atoms with E-state index in [1.165, 1.54) is 30.3 Å². The SMILES string of the molecule is O=c1c(Cl)c(C(F)(F)F)nc(Nc2cccc([N+](=O)[O-])c2)n1Cc1ccc(F)cc1. The normalized spacial score (nSPS) is 11.4. The molecule has 12 heteroatoms. The van der Waals surface area contributed by atoms with Gasteiger partial charge in [0.2, 0.25) is 5.95 Å². The molecule has 0 aliphatic carbocycles. The van der Waals surface area contributed by atoms with Crippen LogP contribution < -0.4 is 10.9 Å². The van der Waals surface area contributed by atoms with E-state index in [0.29, 0.717) is 5.56 Å². The molecule has 0 fully saturated rings. The molecule has 3 rings (SSSR count). The zero-order valence-electron chi connectivity index (χ0n) is 14.8. The third-order valence-electron chi connectivity index (χ3n) is 3.95. The van der Waals surface area contributed by atoms with Crippen molar-refractivity contribution in [1.29, 1.82) is 0 Å². The van der Waals surface area contributed by atoms with Crippen LogP contribution in [0.4, 0.5) is 34.9 Å². The first-order valence-electron chi connectivity index (χ1n) is 8.19. The summed E-state index contributed by atoms with van der Waals surface area (Å²) in [5.74, 6) is -1.08. The number of halogens is 5. The predicted octanol–water partition coefficient (Wildman–Crippen LogP) is 4.75. The minimum absolute atomic E-state index is 0.0272. The molecular formula is C18H11ClF4N4O3. The van der Waals surface area contributed by atoms with Crippen LogP contribution in [-0.4, -0.2) is 14.5 Å². The monoisotopic (exact) mass is 442 g/mol. The van der Waals surface area contributed by atoms with Crippen molar-refractivity contribution in [3.8, 4) is 0 Å². The molecule has 7 nitrogen and oxygen atoms in total. The number of hydrogen-bond donors (Lipinski definition) is 1. The highest BCUT2D eigenvalue weighted by Crippen LogP contribution is 2.33. The highest BCUT2D eigenvalue weighted by Gasteiger charge is 2.38. The summed E-state index contributed by atoms with van der Waals surface area (Å²) < 4.78 is 53.8. The molecule has 2 aromatic carbocycles. The number of hydrogen-bond acceptors (Lipinski definition) is 5. The topological polar surface area (TPSA) is 90.1 Å². The Morgan fingerprint density at radius 1 is 1.17 bits per heavy atom. The van der Waals surface area contributed by atoms with Gasteiger partial charge >= 0.3 is 6.18 Å². The highest BCUT2D eigenvalue weighted by molar-refractivity contribution is 6.31. The molecule has 0 saturated heterocycles. The number of benzene rings is 2. The highest BCUT2D eigenvalue weighted by atomic mass is 35.5. The number of rotatable bonds is 5. The summed E-state index contributed by atoms with van der Waals surface area (Å²) in [5, 5.41) is 12.3. The van der Waals surface area contributed by atoms with E-state index in [1.807, 2.05) is 0 Å². The Kier molecular flexibility index (Phi) is 5.74. The molecule has 0 bridgehead atoms. The number of non-ortho nitro benzene ring substituents is 1. The molecule has 3 aromatic rings. The lowest BCUT2D eigenvalue weighted by atomic mass is 10.2. The van der Waals surface area contributed by atoms with Crippen molar-refractivity contribution in [3.63, 3.8) is 0 Å². The van der Waals surface area contributed by atoms with Gasteiger partial charge in [-0.3, -0.25) is 19.5 Å². The Balaban J connectivity index is 2.13. The van der Waals surface area contributed by atoms with Crippen molar-refractivity contribution in [1.82, 2.24) is 9.55 Å². The number of nitro benzene ring substituents is 1. The number of nitrogens with one attached hydrogen (secondary N) is 1. The Morgan fingerprint density at radius 3 is 2.43 bits per heavy atom. The molecule has 0 unspecified atom stereocenters. The van der Waals surface area contributed by atoms with Gasteiger partial charge in [0.25, 0.3) is 11.2 Å². The lowest BCUT2D eigenvalue weighted by molar-refractivity contribution is -0.384. The fourth-order valence-electron chi connectivity index (χ4n) is 2.56. The van der Waals surface area contributed by atoms with Crippen LogP contribution in [0.2, 0.25) is 5.02 Å². The van der Waals surface area contributed by atoms with E-state index < -0.39 is 39.1 Å². The summed E-state index contributed by atoms with van der Waals surface area (Å²) in [5.41, 5.74) is -2.69. The maximum atomic E-state index is 13.3. The predicted molar refractivity (Wildman–Crippen MR) is 100 cm³/mol. The fraction of sp³-hybridized carbons (Fsp3) is 0.111. The zero-order valence-corrected chi connectivity index (χ0v) is 15.5. The van der Waals surface area contributed by atoms with Crippen LogP contribution in [0.1, 0.15) is 11.3 Å². The van der Waals surface area contributed by atoms with E-state index in [9.17, 15) is 32.5 Å². The number of nitrogens with zero attached hydrogens (tertiary/aromatic N) is 3. The summed E-state index contributed by atoms with van der Waals surface area (Å²) in [7, 11) is 0. The first kappa shape index (κ1) is 21.2. The van der Waals surface area contributed by atoms with Gasteiger partial charge in [0, 0.05) is 17.8 Å². The van der Waals surface area contributed by atoms with Gasteiger partial charge < -0.3 is 5.32 Å². The summed E-state index contributed by atoms with van der Waals surface area (Å²) in [6, 6.07) is 9.82. The summed E-state index contributed by atoms with van der Waals surface area (Å²) in [6.07, 6.45) is -5.01. The molecule has 1 aromatic heterocycles. The van der Waals surface area contributed by atoms with Crippen molar-refractivity contribution >= 4 is 28.9 Å². The van der Waals surface area contributed by atoms with Crippen LogP contribution in [0.5, 0.6) is 0 Å². The maximum absolute atomic E-state index is 13.3. The van der Waals surface area contributed by atoms with Crippen LogP contribution in [0.15, 0.2) is 53.3 Å². The van der Waals surface area contributed by atoms with Crippen LogP contribution >= 0.6 is 11.6 Å². The smallest absolute Gasteiger partial charge is 0.325 e. The summed E-state index contributed by atoms with van der Waals surface area (Å²) >= 11 is 5.62.